The van der Waals surface area contributed by atoms with Gasteiger partial charge in [0.15, 0.2) is 0 Å². The van der Waals surface area contributed by atoms with E-state index in [0.717, 1.165) is 11.2 Å². The number of rotatable bonds is 3. The van der Waals surface area contributed by atoms with Gasteiger partial charge < -0.3 is 9.13 Å². The number of hydrogen-bond acceptors (Lipinski definition) is 1. The number of aromatic nitrogens is 2. The number of hydrogen-bond donors (Lipinski definition) is 0. The van der Waals surface area contributed by atoms with E-state index in [4.69, 9.17) is 0 Å². The fraction of sp³-hybridized carbons (Fsp3) is 0. The zero-order chi connectivity index (χ0) is 29.7. The summed E-state index contributed by atoms with van der Waals surface area (Å²) in [5.41, 5.74) is 8.27. The number of nitrogens with zero attached hydrogens (tertiary/aromatic N) is 2. The van der Waals surface area contributed by atoms with E-state index in [0.29, 0.717) is 0 Å². The van der Waals surface area contributed by atoms with E-state index < -0.39 is 0 Å². The molecule has 9 rings (SSSR count). The quantitative estimate of drug-likeness (QED) is 0.193. The maximum atomic E-state index is 2.42. The molecule has 9 aromatic rings. The summed E-state index contributed by atoms with van der Waals surface area (Å²) in [4.78, 5) is 0. The van der Waals surface area contributed by atoms with Crippen molar-refractivity contribution in [1.29, 1.82) is 0 Å². The molecule has 2 nitrogen and oxygen atoms in total. The molecule has 6 aromatic carbocycles. The van der Waals surface area contributed by atoms with Gasteiger partial charge in [-0.25, -0.2) is 0 Å². The van der Waals surface area contributed by atoms with Crippen molar-refractivity contribution in [3.63, 3.8) is 0 Å². The molecule has 0 spiro atoms. The highest BCUT2D eigenvalue weighted by Gasteiger charge is 2.18. The summed E-state index contributed by atoms with van der Waals surface area (Å²) in [7, 11) is 0. The Morgan fingerprint density at radius 1 is 0.422 bits per heavy atom. The highest BCUT2D eigenvalue weighted by Crippen LogP contribution is 2.44. The van der Waals surface area contributed by atoms with E-state index in [9.17, 15) is 0 Å². The second-order valence-corrected chi connectivity index (χ2v) is 12.5. The van der Waals surface area contributed by atoms with Crippen LogP contribution in [0.25, 0.3) is 75.4 Å². The number of benzene rings is 6. The molecule has 0 aliphatic heterocycles. The molecule has 0 N–H and O–H groups in total. The zero-order valence-corrected chi connectivity index (χ0v) is 25.3. The van der Waals surface area contributed by atoms with E-state index in [-0.39, 0.29) is 0 Å². The van der Waals surface area contributed by atoms with Crippen molar-refractivity contribution in [2.24, 2.45) is 0 Å². The average molecular weight is 593 g/mol. The van der Waals surface area contributed by atoms with Gasteiger partial charge >= 0.3 is 0 Å². The summed E-state index contributed by atoms with van der Waals surface area (Å²) in [6, 6.07) is 59.1. The molecule has 0 saturated carbocycles. The van der Waals surface area contributed by atoms with E-state index >= 15 is 0 Å². The van der Waals surface area contributed by atoms with Gasteiger partial charge in [0.1, 0.15) is 0 Å². The van der Waals surface area contributed by atoms with Crippen LogP contribution in [0.1, 0.15) is 0 Å². The SMILES string of the molecule is c1ccc(-n2cccc(-c3ccc4c(c3)c3c5sc6ccccc6c5ccc3n4-c3ccccc3)ccc3ccccc32)cc1. The first-order chi connectivity index (χ1) is 22.3. The second kappa shape index (κ2) is 10.5. The second-order valence-electron chi connectivity index (χ2n) is 11.4. The highest BCUT2D eigenvalue weighted by atomic mass is 32.1. The third kappa shape index (κ3) is 4.24. The molecule has 3 aromatic heterocycles. The standard InChI is InChI=1S/C42H28N2S/c1-3-14-32(15-4-1)43-27-11-13-29(21-22-30-12-7-9-19-37(30)43)31-23-25-38-36(28-31)41-39(44(38)33-16-5-2-6-17-33)26-24-35-34-18-8-10-20-40(34)45-42(35)41/h1-28H. The molecule has 0 fully saturated rings. The number of thiophene rings is 1. The van der Waals surface area contributed by atoms with E-state index in [1.807, 2.05) is 11.3 Å². The molecule has 0 aliphatic carbocycles. The van der Waals surface area contributed by atoms with Crippen molar-refractivity contribution in [2.45, 2.75) is 0 Å². The average Bonchev–Trinajstić information content (AvgIpc) is 3.66. The van der Waals surface area contributed by atoms with Crippen LogP contribution in [0.2, 0.25) is 0 Å². The molecule has 0 radical (unpaired) electrons. The van der Waals surface area contributed by atoms with Crippen LogP contribution < -0.4 is 0 Å². The van der Waals surface area contributed by atoms with Gasteiger partial charge in [-0.3, -0.25) is 0 Å². The lowest BCUT2D eigenvalue weighted by atomic mass is 10.0. The molecule has 0 bridgehead atoms. The first kappa shape index (κ1) is 25.8. The number of para-hydroxylation sites is 3. The Bertz CT molecular complexity index is 2590. The Labute approximate surface area is 265 Å². The zero-order valence-electron chi connectivity index (χ0n) is 24.5. The van der Waals surface area contributed by atoms with Crippen molar-refractivity contribution in [1.82, 2.24) is 9.13 Å². The summed E-state index contributed by atoms with van der Waals surface area (Å²) in [5.74, 6) is 0. The lowest BCUT2D eigenvalue weighted by Gasteiger charge is -2.08. The van der Waals surface area contributed by atoms with Crippen LogP contribution >= 0.6 is 11.3 Å². The predicted octanol–water partition coefficient (Wildman–Crippen LogP) is 11.9. The minimum atomic E-state index is 1.13. The Morgan fingerprint density at radius 3 is 2.00 bits per heavy atom. The van der Waals surface area contributed by atoms with Crippen LogP contribution in [0.3, 0.4) is 0 Å². The van der Waals surface area contributed by atoms with Crippen LogP contribution in [0.5, 0.6) is 0 Å². The van der Waals surface area contributed by atoms with E-state index in [1.165, 1.54) is 64.2 Å². The van der Waals surface area contributed by atoms with Gasteiger partial charge in [0.2, 0.25) is 0 Å². The van der Waals surface area contributed by atoms with Gasteiger partial charge in [0.25, 0.3) is 0 Å². The summed E-state index contributed by atoms with van der Waals surface area (Å²) >= 11 is 1.90. The van der Waals surface area contributed by atoms with Crippen molar-refractivity contribution in [3.8, 4) is 22.5 Å². The van der Waals surface area contributed by atoms with Crippen LogP contribution in [-0.4, -0.2) is 9.13 Å². The molecule has 0 unspecified atom stereocenters. The van der Waals surface area contributed by atoms with Gasteiger partial charge in [-0.2, -0.15) is 0 Å². The van der Waals surface area contributed by atoms with Crippen molar-refractivity contribution < 1.29 is 0 Å². The summed E-state index contributed by atoms with van der Waals surface area (Å²) in [5, 5.41) is 6.41. The summed E-state index contributed by atoms with van der Waals surface area (Å²) in [6.07, 6.45) is 2.17. The lowest BCUT2D eigenvalue weighted by Crippen LogP contribution is -1.93. The van der Waals surface area contributed by atoms with Gasteiger partial charge in [0, 0.05) is 48.5 Å². The summed E-state index contributed by atoms with van der Waals surface area (Å²) < 4.78 is 7.34. The molecular weight excluding hydrogens is 565 g/mol. The lowest BCUT2D eigenvalue weighted by molar-refractivity contribution is 1.11. The van der Waals surface area contributed by atoms with Crippen molar-refractivity contribution >= 4 is 64.2 Å². The highest BCUT2D eigenvalue weighted by molar-refractivity contribution is 7.26. The van der Waals surface area contributed by atoms with Crippen LogP contribution in [-0.2, 0) is 0 Å². The fourth-order valence-electron chi connectivity index (χ4n) is 6.72. The van der Waals surface area contributed by atoms with Crippen LogP contribution in [0.4, 0.5) is 0 Å². The smallest absolute Gasteiger partial charge is 0.0555 e. The first-order valence-corrected chi connectivity index (χ1v) is 16.1. The summed E-state index contributed by atoms with van der Waals surface area (Å²) in [6.45, 7) is 0. The molecule has 0 saturated heterocycles. The molecule has 3 heteroatoms. The molecule has 0 aliphatic rings. The molecule has 0 atom stereocenters. The monoisotopic (exact) mass is 592 g/mol. The molecule has 0 amide bonds. The Kier molecular flexibility index (Phi) is 6.03. The molecule has 3 heterocycles. The predicted molar refractivity (Wildman–Crippen MR) is 194 cm³/mol. The minimum Gasteiger partial charge on any atom is -0.317 e. The van der Waals surface area contributed by atoms with Gasteiger partial charge in [0.05, 0.1) is 16.6 Å². The van der Waals surface area contributed by atoms with E-state index in [1.54, 1.807) is 0 Å². The third-order valence-corrected chi connectivity index (χ3v) is 10.0. The van der Waals surface area contributed by atoms with Gasteiger partial charge in [-0.15, -0.1) is 11.3 Å². The number of fused-ring (bicyclic) bond motifs is 8. The van der Waals surface area contributed by atoms with Crippen molar-refractivity contribution in [3.05, 3.63) is 170 Å². The van der Waals surface area contributed by atoms with Crippen molar-refractivity contribution in [2.75, 3.05) is 0 Å². The Morgan fingerprint density at radius 2 is 1.13 bits per heavy atom. The molecule has 45 heavy (non-hydrogen) atoms. The largest absolute Gasteiger partial charge is 0.317 e. The molecular formula is C42H28N2S. The van der Waals surface area contributed by atoms with Crippen LogP contribution in [0, 0.1) is 0 Å². The maximum Gasteiger partial charge on any atom is 0.0555 e. The fourth-order valence-corrected chi connectivity index (χ4v) is 7.98. The maximum absolute atomic E-state index is 2.42. The third-order valence-electron chi connectivity index (χ3n) is 8.80. The normalized spacial score (nSPS) is 11.6. The van der Waals surface area contributed by atoms with E-state index in [2.05, 4.69) is 179 Å². The minimum absolute atomic E-state index is 1.13. The topological polar surface area (TPSA) is 9.86 Å². The van der Waals surface area contributed by atoms with Crippen LogP contribution in [0.15, 0.2) is 170 Å². The van der Waals surface area contributed by atoms with Gasteiger partial charge in [-0.1, -0.05) is 103 Å². The Balaban J connectivity index is 1.33. The molecule has 212 valence electrons. The first-order valence-electron chi connectivity index (χ1n) is 15.3. The van der Waals surface area contributed by atoms with Gasteiger partial charge in [-0.05, 0) is 77.2 Å². The Hall–Kier alpha value is -5.64.